The molecule has 0 aliphatic heterocycles. The number of aryl methyl sites for hydroxylation is 1. The lowest BCUT2D eigenvalue weighted by atomic mass is 10.1. The number of rotatable bonds is 8. The number of hydrogen-bond donors (Lipinski definition) is 2. The fourth-order valence-electron chi connectivity index (χ4n) is 2.37. The molecule has 0 bridgehead atoms. The van der Waals surface area contributed by atoms with E-state index < -0.39 is 0 Å². The van der Waals surface area contributed by atoms with E-state index in [2.05, 4.69) is 29.2 Å². The summed E-state index contributed by atoms with van der Waals surface area (Å²) in [4.78, 5) is 27.6. The zero-order chi connectivity index (χ0) is 17.7. The van der Waals surface area contributed by atoms with Crippen molar-refractivity contribution in [3.63, 3.8) is 0 Å². The smallest absolute Gasteiger partial charge is 0.260 e. The Kier molecular flexibility index (Phi) is 6.08. The van der Waals surface area contributed by atoms with Gasteiger partial charge in [-0.05, 0) is 18.8 Å². The fraction of sp³-hybridized carbons (Fsp3) is 0.500. The van der Waals surface area contributed by atoms with Gasteiger partial charge in [0, 0.05) is 18.3 Å². The minimum absolute atomic E-state index is 0.211. The van der Waals surface area contributed by atoms with Crippen molar-refractivity contribution < 1.29 is 9.59 Å². The second-order valence-electron chi connectivity index (χ2n) is 6.00. The third-order valence-corrected chi connectivity index (χ3v) is 4.27. The molecule has 0 radical (unpaired) electrons. The molecule has 2 aromatic rings. The molecule has 0 saturated carbocycles. The number of carbonyl (C=O) groups is 2. The van der Waals surface area contributed by atoms with Gasteiger partial charge >= 0.3 is 0 Å². The van der Waals surface area contributed by atoms with E-state index in [4.69, 9.17) is 5.73 Å². The van der Waals surface area contributed by atoms with Crippen LogP contribution in [0.3, 0.4) is 0 Å². The number of nitrogens with one attached hydrogen (secondary N) is 1. The summed E-state index contributed by atoms with van der Waals surface area (Å²) in [6, 6.07) is 0. The molecule has 2 heterocycles. The molecule has 24 heavy (non-hydrogen) atoms. The van der Waals surface area contributed by atoms with Gasteiger partial charge in [0.25, 0.3) is 5.91 Å². The van der Waals surface area contributed by atoms with Crippen LogP contribution >= 0.6 is 11.3 Å². The molecule has 0 spiro atoms. The summed E-state index contributed by atoms with van der Waals surface area (Å²) in [5, 5.41) is 9.47. The van der Waals surface area contributed by atoms with Crippen molar-refractivity contribution in [2.24, 2.45) is 11.7 Å². The molecule has 2 rings (SSSR count). The van der Waals surface area contributed by atoms with E-state index in [0.29, 0.717) is 23.0 Å². The zero-order valence-corrected chi connectivity index (χ0v) is 15.0. The molecule has 0 aromatic carbocycles. The summed E-state index contributed by atoms with van der Waals surface area (Å²) in [6.45, 7) is 7.02. The fourth-order valence-corrected chi connectivity index (χ4v) is 3.11. The number of nitrogens with zero attached hydrogens (tertiary/aromatic N) is 3. The Morgan fingerprint density at radius 2 is 2.17 bits per heavy atom. The Labute approximate surface area is 145 Å². The monoisotopic (exact) mass is 349 g/mol. The highest BCUT2D eigenvalue weighted by Gasteiger charge is 2.18. The van der Waals surface area contributed by atoms with E-state index in [1.165, 1.54) is 11.3 Å². The van der Waals surface area contributed by atoms with Gasteiger partial charge < -0.3 is 5.73 Å². The number of aromatic nitrogens is 3. The van der Waals surface area contributed by atoms with Gasteiger partial charge in [-0.15, -0.1) is 11.3 Å². The lowest BCUT2D eigenvalue weighted by Gasteiger charge is -2.09. The topological polar surface area (TPSA) is 103 Å². The molecule has 0 unspecified atom stereocenters. The van der Waals surface area contributed by atoms with Gasteiger partial charge in [0.15, 0.2) is 5.13 Å². The van der Waals surface area contributed by atoms with E-state index in [0.717, 1.165) is 24.4 Å². The molecule has 0 aliphatic rings. The lowest BCUT2D eigenvalue weighted by Crippen LogP contribution is -2.16. The van der Waals surface area contributed by atoms with Crippen LogP contribution in [0.25, 0.3) is 0 Å². The number of primary amides is 1. The molecule has 0 aliphatic carbocycles. The average Bonchev–Trinajstić information content (AvgIpc) is 3.11. The Bertz CT molecular complexity index is 720. The van der Waals surface area contributed by atoms with Crippen LogP contribution in [0.2, 0.25) is 0 Å². The Morgan fingerprint density at radius 3 is 2.79 bits per heavy atom. The van der Waals surface area contributed by atoms with E-state index in [9.17, 15) is 9.59 Å². The summed E-state index contributed by atoms with van der Waals surface area (Å²) < 4.78 is 1.89. The number of amides is 2. The van der Waals surface area contributed by atoms with Gasteiger partial charge in [-0.1, -0.05) is 20.8 Å². The first-order valence-electron chi connectivity index (χ1n) is 7.99. The number of hydrogen-bond acceptors (Lipinski definition) is 5. The maximum atomic E-state index is 12.5. The quantitative estimate of drug-likeness (QED) is 0.762. The first-order valence-corrected chi connectivity index (χ1v) is 8.87. The standard InChI is InChI=1S/C16H23N5O2S/c1-4-13-12(7-18-21(13)8-10(2)3)15(23)20-16-19-11(9-24-16)5-6-14(17)22/h7,9-10H,4-6,8H2,1-3H3,(H2,17,22)(H,19,20,23). The van der Waals surface area contributed by atoms with Gasteiger partial charge in [-0.3, -0.25) is 19.6 Å². The highest BCUT2D eigenvalue weighted by molar-refractivity contribution is 7.14. The van der Waals surface area contributed by atoms with Crippen LogP contribution < -0.4 is 11.1 Å². The van der Waals surface area contributed by atoms with Gasteiger partial charge in [-0.25, -0.2) is 4.98 Å². The van der Waals surface area contributed by atoms with E-state index >= 15 is 0 Å². The first-order chi connectivity index (χ1) is 11.4. The van der Waals surface area contributed by atoms with Crippen LogP contribution in [-0.4, -0.2) is 26.6 Å². The Hall–Kier alpha value is -2.22. The minimum Gasteiger partial charge on any atom is -0.370 e. The van der Waals surface area contributed by atoms with Gasteiger partial charge in [0.2, 0.25) is 5.91 Å². The average molecular weight is 349 g/mol. The van der Waals surface area contributed by atoms with Crippen LogP contribution in [-0.2, 0) is 24.2 Å². The lowest BCUT2D eigenvalue weighted by molar-refractivity contribution is -0.118. The van der Waals surface area contributed by atoms with Crippen molar-refractivity contribution in [2.45, 2.75) is 46.6 Å². The van der Waals surface area contributed by atoms with Crippen molar-refractivity contribution in [1.82, 2.24) is 14.8 Å². The van der Waals surface area contributed by atoms with Crippen LogP contribution in [0.1, 0.15) is 48.9 Å². The van der Waals surface area contributed by atoms with Crippen molar-refractivity contribution in [1.29, 1.82) is 0 Å². The SMILES string of the molecule is CCc1c(C(=O)Nc2nc(CCC(N)=O)cs2)cnn1CC(C)C. The molecule has 2 aromatic heterocycles. The summed E-state index contributed by atoms with van der Waals surface area (Å²) in [6.07, 6.45) is 3.07. The second kappa shape index (κ2) is 8.05. The molecule has 0 atom stereocenters. The zero-order valence-electron chi connectivity index (χ0n) is 14.2. The van der Waals surface area contributed by atoms with Crippen molar-refractivity contribution in [3.8, 4) is 0 Å². The van der Waals surface area contributed by atoms with Gasteiger partial charge in [0.05, 0.1) is 23.1 Å². The molecule has 0 fully saturated rings. The highest BCUT2D eigenvalue weighted by Crippen LogP contribution is 2.19. The van der Waals surface area contributed by atoms with Crippen molar-refractivity contribution >= 4 is 28.3 Å². The first kappa shape index (κ1) is 18.1. The molecular formula is C16H23N5O2S. The minimum atomic E-state index is -0.362. The van der Waals surface area contributed by atoms with Crippen molar-refractivity contribution in [2.75, 3.05) is 5.32 Å². The molecular weight excluding hydrogens is 326 g/mol. The van der Waals surface area contributed by atoms with Gasteiger partial charge in [-0.2, -0.15) is 5.10 Å². The maximum absolute atomic E-state index is 12.5. The molecule has 0 saturated heterocycles. The highest BCUT2D eigenvalue weighted by atomic mass is 32.1. The normalized spacial score (nSPS) is 11.0. The Morgan fingerprint density at radius 1 is 1.42 bits per heavy atom. The summed E-state index contributed by atoms with van der Waals surface area (Å²) >= 11 is 1.33. The predicted molar refractivity (Wildman–Crippen MR) is 94.0 cm³/mol. The molecule has 3 N–H and O–H groups in total. The molecule has 2 amide bonds. The number of carbonyl (C=O) groups excluding carboxylic acids is 2. The number of anilines is 1. The van der Waals surface area contributed by atoms with E-state index in [1.54, 1.807) is 6.20 Å². The third kappa shape index (κ3) is 4.64. The second-order valence-corrected chi connectivity index (χ2v) is 6.86. The van der Waals surface area contributed by atoms with Crippen LogP contribution in [0.15, 0.2) is 11.6 Å². The Balaban J connectivity index is 2.07. The maximum Gasteiger partial charge on any atom is 0.260 e. The summed E-state index contributed by atoms with van der Waals surface area (Å²) in [7, 11) is 0. The van der Waals surface area contributed by atoms with E-state index in [1.807, 2.05) is 17.0 Å². The number of thiazole rings is 1. The summed E-state index contributed by atoms with van der Waals surface area (Å²) in [5.41, 5.74) is 7.38. The molecule has 130 valence electrons. The predicted octanol–water partition coefficient (Wildman–Crippen LogP) is 2.23. The van der Waals surface area contributed by atoms with Crippen LogP contribution in [0.4, 0.5) is 5.13 Å². The summed E-state index contributed by atoms with van der Waals surface area (Å²) in [5.74, 6) is -0.116. The van der Waals surface area contributed by atoms with Crippen molar-refractivity contribution in [3.05, 3.63) is 28.5 Å². The van der Waals surface area contributed by atoms with E-state index in [-0.39, 0.29) is 18.2 Å². The van der Waals surface area contributed by atoms with Crippen LogP contribution in [0, 0.1) is 5.92 Å². The number of nitrogens with two attached hydrogens (primary N) is 1. The largest absolute Gasteiger partial charge is 0.370 e. The van der Waals surface area contributed by atoms with Crippen LogP contribution in [0.5, 0.6) is 0 Å². The van der Waals surface area contributed by atoms with Gasteiger partial charge in [0.1, 0.15) is 0 Å². The third-order valence-electron chi connectivity index (χ3n) is 3.47. The molecule has 8 heteroatoms. The molecule has 7 nitrogen and oxygen atoms in total.